The van der Waals surface area contributed by atoms with Gasteiger partial charge in [-0.15, -0.1) is 11.3 Å². The summed E-state index contributed by atoms with van der Waals surface area (Å²) in [5.41, 5.74) is 1.38. The third-order valence-electron chi connectivity index (χ3n) is 5.77. The lowest BCUT2D eigenvalue weighted by Gasteiger charge is -2.12. The highest BCUT2D eigenvalue weighted by Gasteiger charge is 2.22. The maximum Gasteiger partial charge on any atom is 0.273 e. The van der Waals surface area contributed by atoms with Crippen LogP contribution in [0.3, 0.4) is 0 Å². The van der Waals surface area contributed by atoms with Gasteiger partial charge in [0.25, 0.3) is 10.0 Å². The van der Waals surface area contributed by atoms with Gasteiger partial charge in [-0.2, -0.15) is 0 Å². The van der Waals surface area contributed by atoms with Crippen molar-refractivity contribution in [3.8, 4) is 11.5 Å². The van der Waals surface area contributed by atoms with Crippen LogP contribution in [0.1, 0.15) is 12.0 Å². The molecule has 0 fully saturated rings. The molecule has 0 bridgehead atoms. The monoisotopic (exact) mass is 576 g/mol. The fourth-order valence-corrected chi connectivity index (χ4v) is 6.98. The normalized spacial score (nSPS) is 11.8. The first-order chi connectivity index (χ1) is 17.6. The molecule has 2 aromatic heterocycles. The Labute approximate surface area is 226 Å². The number of carbonyl (C=O) groups excluding carboxylic acids is 1. The molecular weight excluding hydrogens is 558 g/mol. The number of hydrogen-bond acceptors (Lipinski definition) is 5. The van der Waals surface area contributed by atoms with E-state index in [-0.39, 0.29) is 32.3 Å². The van der Waals surface area contributed by atoms with E-state index in [9.17, 15) is 17.6 Å². The molecule has 0 atom stereocenters. The van der Waals surface area contributed by atoms with Gasteiger partial charge in [0.15, 0.2) is 5.75 Å². The second kappa shape index (κ2) is 9.98. The molecule has 37 heavy (non-hydrogen) atoms. The summed E-state index contributed by atoms with van der Waals surface area (Å²) in [5, 5.41) is 2.75. The van der Waals surface area contributed by atoms with Crippen molar-refractivity contribution < 1.29 is 22.3 Å². The number of fused-ring (bicyclic) bond motifs is 2. The van der Waals surface area contributed by atoms with Gasteiger partial charge in [0.2, 0.25) is 5.91 Å². The molecule has 2 heterocycles. The molecule has 190 valence electrons. The van der Waals surface area contributed by atoms with Gasteiger partial charge in [0.1, 0.15) is 20.1 Å². The van der Waals surface area contributed by atoms with E-state index in [1.54, 1.807) is 16.8 Å². The molecule has 0 saturated carbocycles. The number of carbonyl (C=O) groups is 1. The van der Waals surface area contributed by atoms with Gasteiger partial charge < -0.3 is 9.30 Å². The van der Waals surface area contributed by atoms with Crippen molar-refractivity contribution >= 4 is 72.1 Å². The first-order valence-corrected chi connectivity index (χ1v) is 14.1. The van der Waals surface area contributed by atoms with E-state index < -0.39 is 21.7 Å². The average Bonchev–Trinajstić information content (AvgIpc) is 3.36. The fourth-order valence-electron chi connectivity index (χ4n) is 4.08. The van der Waals surface area contributed by atoms with E-state index in [1.165, 1.54) is 18.2 Å². The van der Waals surface area contributed by atoms with Crippen molar-refractivity contribution in [1.82, 2.24) is 9.29 Å². The molecule has 0 aliphatic rings. The number of aromatic nitrogens is 1. The van der Waals surface area contributed by atoms with Gasteiger partial charge in [-0.05, 0) is 47.5 Å². The van der Waals surface area contributed by atoms with Gasteiger partial charge in [0.05, 0.1) is 10.5 Å². The lowest BCUT2D eigenvalue weighted by Crippen LogP contribution is -2.30. The first kappa shape index (κ1) is 25.5. The number of aryl methyl sites for hydroxylation is 2. The number of halogens is 3. The Bertz CT molecular complexity index is 1760. The summed E-state index contributed by atoms with van der Waals surface area (Å²) in [5.74, 6) is -0.345. The van der Waals surface area contributed by atoms with E-state index in [1.807, 2.05) is 48.0 Å². The number of nitrogens with zero attached hydrogens (tertiary/aromatic N) is 1. The van der Waals surface area contributed by atoms with Crippen molar-refractivity contribution in [2.45, 2.75) is 24.1 Å². The first-order valence-electron chi connectivity index (χ1n) is 11.1. The number of sulfonamides is 1. The Kier molecular flexibility index (Phi) is 6.89. The Morgan fingerprint density at radius 2 is 1.84 bits per heavy atom. The Hall–Kier alpha value is -3.11. The molecular formula is C26H19Cl2FN2O4S2. The SMILES string of the molecule is Cc1cn(CCC(=O)NS(=O)(=O)c2cc(Cl)c(Cl)s2)c2c(Oc3ccc4ccccc4c3)cc(F)cc12. The number of amides is 1. The summed E-state index contributed by atoms with van der Waals surface area (Å²) < 4.78 is 49.4. The number of nitrogens with one attached hydrogen (secondary N) is 1. The van der Waals surface area contributed by atoms with Crippen LogP contribution in [-0.2, 0) is 21.4 Å². The number of ether oxygens (including phenoxy) is 1. The summed E-state index contributed by atoms with van der Waals surface area (Å²) in [6.45, 7) is 1.96. The smallest absolute Gasteiger partial charge is 0.273 e. The second-order valence-corrected chi connectivity index (χ2v) is 12.4. The highest BCUT2D eigenvalue weighted by atomic mass is 35.5. The third-order valence-corrected chi connectivity index (χ3v) is 9.48. The summed E-state index contributed by atoms with van der Waals surface area (Å²) >= 11 is 12.5. The highest BCUT2D eigenvalue weighted by molar-refractivity contribution is 7.92. The minimum absolute atomic E-state index is 0.0972. The quantitative estimate of drug-likeness (QED) is 0.220. The van der Waals surface area contributed by atoms with E-state index in [0.29, 0.717) is 16.7 Å². The maximum absolute atomic E-state index is 14.5. The molecule has 0 unspecified atom stereocenters. The van der Waals surface area contributed by atoms with E-state index in [2.05, 4.69) is 0 Å². The Balaban J connectivity index is 1.40. The third kappa shape index (κ3) is 5.31. The van der Waals surface area contributed by atoms with Crippen molar-refractivity contribution in [3.05, 3.63) is 87.6 Å². The molecule has 5 aromatic rings. The zero-order chi connectivity index (χ0) is 26.3. The molecule has 5 rings (SSSR count). The van der Waals surface area contributed by atoms with Crippen molar-refractivity contribution in [1.29, 1.82) is 0 Å². The Morgan fingerprint density at radius 3 is 2.57 bits per heavy atom. The number of thiophene rings is 1. The number of benzene rings is 3. The predicted molar refractivity (Wildman–Crippen MR) is 145 cm³/mol. The largest absolute Gasteiger partial charge is 0.455 e. The molecule has 0 aliphatic carbocycles. The molecule has 1 N–H and O–H groups in total. The van der Waals surface area contributed by atoms with Crippen LogP contribution in [0.25, 0.3) is 21.7 Å². The van der Waals surface area contributed by atoms with E-state index in [4.69, 9.17) is 27.9 Å². The zero-order valence-electron chi connectivity index (χ0n) is 19.3. The zero-order valence-corrected chi connectivity index (χ0v) is 22.4. The molecule has 3 aromatic carbocycles. The minimum atomic E-state index is -4.11. The summed E-state index contributed by atoms with van der Waals surface area (Å²) in [4.78, 5) is 12.5. The molecule has 0 radical (unpaired) electrons. The molecule has 6 nitrogen and oxygen atoms in total. The van der Waals surface area contributed by atoms with Gasteiger partial charge in [-0.3, -0.25) is 4.79 Å². The minimum Gasteiger partial charge on any atom is -0.455 e. The van der Waals surface area contributed by atoms with Crippen LogP contribution in [0.5, 0.6) is 11.5 Å². The van der Waals surface area contributed by atoms with Crippen LogP contribution in [0, 0.1) is 12.7 Å². The van der Waals surface area contributed by atoms with Crippen molar-refractivity contribution in [2.24, 2.45) is 0 Å². The van der Waals surface area contributed by atoms with E-state index in [0.717, 1.165) is 27.7 Å². The summed E-state index contributed by atoms with van der Waals surface area (Å²) in [6, 6.07) is 17.3. The standard InChI is InChI=1S/C26H19Cl2FN2O4S2/c1-15-14-31(9-8-23(32)30-37(33,34)24-13-21(27)26(28)36-24)25-20(15)11-18(29)12-22(25)35-19-7-6-16-4-2-3-5-17(16)10-19/h2-7,10-14H,8-9H2,1H3,(H,30,32). The molecule has 1 amide bonds. The second-order valence-electron chi connectivity index (χ2n) is 8.38. The van der Waals surface area contributed by atoms with Crippen LogP contribution in [0.15, 0.2) is 71.1 Å². The maximum atomic E-state index is 14.5. The predicted octanol–water partition coefficient (Wildman–Crippen LogP) is 7.30. The van der Waals surface area contributed by atoms with Crippen LogP contribution >= 0.6 is 34.5 Å². The molecule has 0 aliphatic heterocycles. The molecule has 11 heteroatoms. The lowest BCUT2D eigenvalue weighted by atomic mass is 10.1. The number of rotatable bonds is 7. The average molecular weight is 577 g/mol. The van der Waals surface area contributed by atoms with Gasteiger partial charge >= 0.3 is 0 Å². The number of hydrogen-bond donors (Lipinski definition) is 1. The van der Waals surface area contributed by atoms with Gasteiger partial charge in [-0.25, -0.2) is 17.5 Å². The van der Waals surface area contributed by atoms with E-state index >= 15 is 0 Å². The van der Waals surface area contributed by atoms with Crippen LogP contribution in [0.2, 0.25) is 9.36 Å². The summed E-state index contributed by atoms with van der Waals surface area (Å²) in [7, 11) is -4.11. The topological polar surface area (TPSA) is 77.4 Å². The fraction of sp³-hybridized carbons (Fsp3) is 0.115. The van der Waals surface area contributed by atoms with Crippen LogP contribution in [-0.4, -0.2) is 18.9 Å². The van der Waals surface area contributed by atoms with Crippen LogP contribution < -0.4 is 9.46 Å². The van der Waals surface area contributed by atoms with Crippen molar-refractivity contribution in [2.75, 3.05) is 0 Å². The highest BCUT2D eigenvalue weighted by Crippen LogP contribution is 2.36. The van der Waals surface area contributed by atoms with Crippen molar-refractivity contribution in [3.63, 3.8) is 0 Å². The summed E-state index contributed by atoms with van der Waals surface area (Å²) in [6.07, 6.45) is 1.63. The Morgan fingerprint density at radius 1 is 1.08 bits per heavy atom. The molecule has 0 spiro atoms. The van der Waals surface area contributed by atoms with Crippen LogP contribution in [0.4, 0.5) is 4.39 Å². The lowest BCUT2D eigenvalue weighted by molar-refractivity contribution is -0.119. The molecule has 0 saturated heterocycles. The van der Waals surface area contributed by atoms with Gasteiger partial charge in [0, 0.05) is 30.6 Å². The van der Waals surface area contributed by atoms with Gasteiger partial charge in [-0.1, -0.05) is 53.5 Å².